The first-order valence-corrected chi connectivity index (χ1v) is 7.66. The van der Waals surface area contributed by atoms with E-state index in [-0.39, 0.29) is 5.82 Å². The molecule has 0 aliphatic carbocycles. The van der Waals surface area contributed by atoms with Crippen molar-refractivity contribution in [2.45, 2.75) is 6.92 Å². The molecule has 0 fully saturated rings. The van der Waals surface area contributed by atoms with Crippen molar-refractivity contribution in [3.63, 3.8) is 0 Å². The van der Waals surface area contributed by atoms with Crippen LogP contribution in [0.15, 0.2) is 60.8 Å². The molecule has 0 spiro atoms. The SMILES string of the molecule is Cc1ncc(-c2nnnn2-c2ccccc2)c(-c2cccc(F)c2)n1. The molecule has 0 aliphatic heterocycles. The molecule has 2 heterocycles. The Morgan fingerprint density at radius 1 is 1.00 bits per heavy atom. The lowest BCUT2D eigenvalue weighted by atomic mass is 10.1. The van der Waals surface area contributed by atoms with Crippen LogP contribution in [0.3, 0.4) is 0 Å². The number of para-hydroxylation sites is 1. The van der Waals surface area contributed by atoms with Gasteiger partial charge in [-0.3, -0.25) is 0 Å². The molecule has 0 saturated carbocycles. The van der Waals surface area contributed by atoms with Crippen LogP contribution in [0.4, 0.5) is 4.39 Å². The van der Waals surface area contributed by atoms with E-state index in [0.717, 1.165) is 5.69 Å². The summed E-state index contributed by atoms with van der Waals surface area (Å²) in [6.07, 6.45) is 1.66. The minimum atomic E-state index is -0.331. The molecule has 122 valence electrons. The molecule has 4 rings (SSSR count). The molecule has 2 aromatic heterocycles. The van der Waals surface area contributed by atoms with Crippen molar-refractivity contribution >= 4 is 0 Å². The summed E-state index contributed by atoms with van der Waals surface area (Å²) in [5.41, 5.74) is 2.67. The van der Waals surface area contributed by atoms with Crippen LogP contribution in [0.5, 0.6) is 0 Å². The predicted octanol–water partition coefficient (Wildman–Crippen LogP) is 3.23. The average molecular weight is 332 g/mol. The van der Waals surface area contributed by atoms with Gasteiger partial charge < -0.3 is 0 Å². The van der Waals surface area contributed by atoms with Gasteiger partial charge in [0.1, 0.15) is 11.6 Å². The molecule has 0 atom stereocenters. The lowest BCUT2D eigenvalue weighted by Gasteiger charge is -2.10. The Balaban J connectivity index is 1.92. The smallest absolute Gasteiger partial charge is 0.190 e. The molecule has 4 aromatic rings. The molecule has 2 aromatic carbocycles. The number of rotatable bonds is 3. The van der Waals surface area contributed by atoms with Crippen molar-refractivity contribution in [1.82, 2.24) is 30.2 Å². The maximum Gasteiger partial charge on any atom is 0.190 e. The molecular weight excluding hydrogens is 319 g/mol. The Hall–Kier alpha value is -3.48. The van der Waals surface area contributed by atoms with Gasteiger partial charge in [-0.1, -0.05) is 30.3 Å². The van der Waals surface area contributed by atoms with Crippen LogP contribution in [0.25, 0.3) is 28.3 Å². The van der Waals surface area contributed by atoms with Gasteiger partial charge in [0.15, 0.2) is 5.82 Å². The minimum Gasteiger partial charge on any atom is -0.241 e. The minimum absolute atomic E-state index is 0.331. The second-order valence-corrected chi connectivity index (χ2v) is 5.44. The molecular formula is C18H13FN6. The highest BCUT2D eigenvalue weighted by Crippen LogP contribution is 2.29. The van der Waals surface area contributed by atoms with Crippen LogP contribution in [0.1, 0.15) is 5.82 Å². The summed E-state index contributed by atoms with van der Waals surface area (Å²) in [5.74, 6) is 0.745. The van der Waals surface area contributed by atoms with Gasteiger partial charge >= 0.3 is 0 Å². The first-order chi connectivity index (χ1) is 12.2. The monoisotopic (exact) mass is 332 g/mol. The lowest BCUT2D eigenvalue weighted by molar-refractivity contribution is 0.628. The van der Waals surface area contributed by atoms with Crippen LogP contribution in [0.2, 0.25) is 0 Å². The Morgan fingerprint density at radius 3 is 2.64 bits per heavy atom. The van der Waals surface area contributed by atoms with E-state index in [1.807, 2.05) is 30.3 Å². The highest BCUT2D eigenvalue weighted by molar-refractivity contribution is 5.77. The molecule has 0 saturated heterocycles. The second kappa shape index (κ2) is 6.20. The van der Waals surface area contributed by atoms with Gasteiger partial charge in [-0.2, -0.15) is 4.68 Å². The van der Waals surface area contributed by atoms with Crippen LogP contribution < -0.4 is 0 Å². The Kier molecular flexibility index (Phi) is 3.74. The number of hydrogen-bond acceptors (Lipinski definition) is 5. The Morgan fingerprint density at radius 2 is 1.84 bits per heavy atom. The summed E-state index contributed by atoms with van der Waals surface area (Å²) in [6.45, 7) is 1.78. The molecule has 0 amide bonds. The van der Waals surface area contributed by atoms with Crippen molar-refractivity contribution in [1.29, 1.82) is 0 Å². The summed E-state index contributed by atoms with van der Waals surface area (Å²) < 4.78 is 15.3. The summed E-state index contributed by atoms with van der Waals surface area (Å²) in [7, 11) is 0. The van der Waals surface area contributed by atoms with Gasteiger partial charge in [0.2, 0.25) is 0 Å². The Labute approximate surface area is 143 Å². The summed E-state index contributed by atoms with van der Waals surface area (Å²) >= 11 is 0. The summed E-state index contributed by atoms with van der Waals surface area (Å²) in [6, 6.07) is 15.8. The van der Waals surface area contributed by atoms with E-state index in [1.54, 1.807) is 29.9 Å². The third-order valence-corrected chi connectivity index (χ3v) is 3.72. The fourth-order valence-electron chi connectivity index (χ4n) is 2.59. The summed E-state index contributed by atoms with van der Waals surface area (Å²) in [4.78, 5) is 8.75. The number of halogens is 1. The molecule has 0 unspecified atom stereocenters. The zero-order valence-electron chi connectivity index (χ0n) is 13.3. The van der Waals surface area contributed by atoms with Crippen molar-refractivity contribution in [3.05, 3.63) is 72.4 Å². The normalized spacial score (nSPS) is 10.8. The second-order valence-electron chi connectivity index (χ2n) is 5.44. The standard InChI is InChI=1S/C18H13FN6/c1-12-20-11-16(17(21-12)13-6-5-7-14(19)10-13)18-22-23-24-25(18)15-8-3-2-4-9-15/h2-11H,1H3. The van der Waals surface area contributed by atoms with Crippen molar-refractivity contribution in [3.8, 4) is 28.3 Å². The van der Waals surface area contributed by atoms with Crippen LogP contribution in [0, 0.1) is 12.7 Å². The van der Waals surface area contributed by atoms with Crippen molar-refractivity contribution in [2.75, 3.05) is 0 Å². The molecule has 7 heteroatoms. The first-order valence-electron chi connectivity index (χ1n) is 7.66. The van der Waals surface area contributed by atoms with E-state index in [2.05, 4.69) is 25.5 Å². The van der Waals surface area contributed by atoms with Gasteiger partial charge in [0.25, 0.3) is 0 Å². The number of benzene rings is 2. The van der Waals surface area contributed by atoms with Crippen molar-refractivity contribution in [2.24, 2.45) is 0 Å². The quantitative estimate of drug-likeness (QED) is 0.576. The molecule has 6 nitrogen and oxygen atoms in total. The van der Waals surface area contributed by atoms with E-state index in [4.69, 9.17) is 0 Å². The predicted molar refractivity (Wildman–Crippen MR) is 90.3 cm³/mol. The van der Waals surface area contributed by atoms with Gasteiger partial charge in [-0.25, -0.2) is 14.4 Å². The zero-order valence-corrected chi connectivity index (χ0v) is 13.3. The number of nitrogens with zero attached hydrogens (tertiary/aromatic N) is 6. The summed E-state index contributed by atoms with van der Waals surface area (Å²) in [5, 5.41) is 12.0. The fourth-order valence-corrected chi connectivity index (χ4v) is 2.59. The van der Waals surface area contributed by atoms with Crippen LogP contribution >= 0.6 is 0 Å². The molecule has 0 N–H and O–H groups in total. The van der Waals surface area contributed by atoms with E-state index < -0.39 is 0 Å². The topological polar surface area (TPSA) is 69.4 Å². The molecule has 25 heavy (non-hydrogen) atoms. The van der Waals surface area contributed by atoms with Crippen LogP contribution in [-0.4, -0.2) is 30.2 Å². The number of hydrogen-bond donors (Lipinski definition) is 0. The zero-order chi connectivity index (χ0) is 17.2. The van der Waals surface area contributed by atoms with Gasteiger partial charge in [0, 0.05) is 11.8 Å². The highest BCUT2D eigenvalue weighted by Gasteiger charge is 2.18. The molecule has 0 bridgehead atoms. The lowest BCUT2D eigenvalue weighted by Crippen LogP contribution is -2.03. The first kappa shape index (κ1) is 15.1. The largest absolute Gasteiger partial charge is 0.241 e. The average Bonchev–Trinajstić information content (AvgIpc) is 3.12. The Bertz CT molecular complexity index is 1030. The van der Waals surface area contributed by atoms with Gasteiger partial charge in [0.05, 0.1) is 16.9 Å². The van der Waals surface area contributed by atoms with Gasteiger partial charge in [-0.15, -0.1) is 5.10 Å². The number of tetrazole rings is 1. The maximum atomic E-state index is 13.7. The number of aromatic nitrogens is 6. The number of aryl methyl sites for hydroxylation is 1. The molecule has 0 aliphatic rings. The fraction of sp³-hybridized carbons (Fsp3) is 0.0556. The van der Waals surface area contributed by atoms with Gasteiger partial charge in [-0.05, 0) is 41.6 Å². The maximum absolute atomic E-state index is 13.7. The third kappa shape index (κ3) is 2.87. The highest BCUT2D eigenvalue weighted by atomic mass is 19.1. The van der Waals surface area contributed by atoms with Crippen LogP contribution in [-0.2, 0) is 0 Å². The van der Waals surface area contributed by atoms with E-state index in [0.29, 0.717) is 28.5 Å². The van der Waals surface area contributed by atoms with E-state index >= 15 is 0 Å². The van der Waals surface area contributed by atoms with E-state index in [1.165, 1.54) is 12.1 Å². The molecule has 0 radical (unpaired) electrons. The third-order valence-electron chi connectivity index (χ3n) is 3.72. The van der Waals surface area contributed by atoms with E-state index in [9.17, 15) is 4.39 Å². The van der Waals surface area contributed by atoms with Crippen molar-refractivity contribution < 1.29 is 4.39 Å².